The van der Waals surface area contributed by atoms with E-state index in [4.69, 9.17) is 0 Å². The van der Waals surface area contributed by atoms with Crippen molar-refractivity contribution in [3.63, 3.8) is 0 Å². The molecule has 10 heteroatoms. The summed E-state index contributed by atoms with van der Waals surface area (Å²) >= 11 is 0. The molecule has 0 saturated heterocycles. The van der Waals surface area contributed by atoms with Crippen LogP contribution >= 0.6 is 0 Å². The van der Waals surface area contributed by atoms with Crippen molar-refractivity contribution in [2.24, 2.45) is 0 Å². The van der Waals surface area contributed by atoms with Gasteiger partial charge in [0.05, 0.1) is 22.3 Å². The minimum absolute atomic E-state index is 0.0380. The van der Waals surface area contributed by atoms with E-state index in [1.54, 1.807) is 24.3 Å². The second-order valence-electron chi connectivity index (χ2n) is 13.6. The number of unbranched alkanes of at least 4 members (excludes halogenated alkanes) is 4. The number of aryl methyl sites for hydroxylation is 4. The van der Waals surface area contributed by atoms with E-state index in [0.29, 0.717) is 59.3 Å². The molecular formula is C42H48F2N2O6. The SMILES string of the molecule is CCCCc1cc(O)cc(CCCC)c1Nc1c(F)c2c(c(F)c1Nc1c(CCCC)cc(O)cc1CCCC)C(=O)c1c(O)ccc(O)c1C2=O. The van der Waals surface area contributed by atoms with Crippen LogP contribution in [0.1, 0.15) is 133 Å². The molecule has 1 aliphatic carbocycles. The molecule has 1 aliphatic rings. The van der Waals surface area contributed by atoms with Gasteiger partial charge in [-0.3, -0.25) is 9.59 Å². The highest BCUT2D eigenvalue weighted by molar-refractivity contribution is 6.31. The standard InChI is InChI=1S/C42H48F2N2O6/c1-5-9-13-23-19-27(47)20-24(14-10-6-2)37(23)45-39-35(43)33-34(42(52)32-30(50)18-17-29(49)31(32)41(33)51)36(44)40(39)46-38-25(15-11-7-3)21-28(48)22-26(38)16-12-8-4/h17-22,45-50H,5-16H2,1-4H3. The first-order valence-corrected chi connectivity index (χ1v) is 18.4. The highest BCUT2D eigenvalue weighted by atomic mass is 19.1. The fourth-order valence-electron chi connectivity index (χ4n) is 6.97. The van der Waals surface area contributed by atoms with E-state index in [2.05, 4.69) is 10.6 Å². The van der Waals surface area contributed by atoms with E-state index >= 15 is 8.78 Å². The number of nitrogens with one attached hydrogen (secondary N) is 2. The van der Waals surface area contributed by atoms with Crippen molar-refractivity contribution in [1.29, 1.82) is 0 Å². The molecule has 0 fully saturated rings. The molecule has 0 heterocycles. The first kappa shape index (κ1) is 38.1. The van der Waals surface area contributed by atoms with Crippen LogP contribution in [0.4, 0.5) is 31.5 Å². The Balaban J connectivity index is 1.84. The summed E-state index contributed by atoms with van der Waals surface area (Å²) in [6.45, 7) is 8.08. The Morgan fingerprint density at radius 1 is 0.481 bits per heavy atom. The van der Waals surface area contributed by atoms with Gasteiger partial charge in [0.15, 0.2) is 11.6 Å². The number of benzene rings is 4. The van der Waals surface area contributed by atoms with Gasteiger partial charge in [-0.2, -0.15) is 0 Å². The minimum Gasteiger partial charge on any atom is -0.508 e. The number of phenolic OH excluding ortho intramolecular Hbond substituents is 4. The maximum atomic E-state index is 17.4. The van der Waals surface area contributed by atoms with Crippen LogP contribution in [0.3, 0.4) is 0 Å². The van der Waals surface area contributed by atoms with Crippen molar-refractivity contribution in [3.05, 3.63) is 92.5 Å². The summed E-state index contributed by atoms with van der Waals surface area (Å²) in [4.78, 5) is 28.0. The van der Waals surface area contributed by atoms with Gasteiger partial charge in [-0.15, -0.1) is 0 Å². The van der Waals surface area contributed by atoms with Crippen LogP contribution < -0.4 is 10.6 Å². The molecule has 0 unspecified atom stereocenters. The van der Waals surface area contributed by atoms with Crippen molar-refractivity contribution < 1.29 is 38.8 Å². The van der Waals surface area contributed by atoms with Crippen LogP contribution in [-0.4, -0.2) is 32.0 Å². The van der Waals surface area contributed by atoms with E-state index in [0.717, 1.165) is 63.5 Å². The molecule has 0 aliphatic heterocycles. The third-order valence-corrected chi connectivity index (χ3v) is 9.72. The number of carbonyl (C=O) groups is 2. The monoisotopic (exact) mass is 714 g/mol. The smallest absolute Gasteiger partial charge is 0.201 e. The van der Waals surface area contributed by atoms with Crippen molar-refractivity contribution >= 4 is 34.3 Å². The van der Waals surface area contributed by atoms with Crippen LogP contribution in [0, 0.1) is 11.6 Å². The maximum Gasteiger partial charge on any atom is 0.201 e. The van der Waals surface area contributed by atoms with Crippen LogP contribution in [0.2, 0.25) is 0 Å². The average Bonchev–Trinajstić information content (AvgIpc) is 3.11. The molecule has 276 valence electrons. The first-order chi connectivity index (χ1) is 25.0. The topological polar surface area (TPSA) is 139 Å². The van der Waals surface area contributed by atoms with Crippen molar-refractivity contribution in [2.45, 2.75) is 105 Å². The Morgan fingerprint density at radius 2 is 0.769 bits per heavy atom. The summed E-state index contributed by atoms with van der Waals surface area (Å²) in [5.41, 5.74) is -0.218. The Bertz CT molecular complexity index is 1810. The number of fused-ring (bicyclic) bond motifs is 2. The summed E-state index contributed by atoms with van der Waals surface area (Å²) in [7, 11) is 0. The number of ketones is 2. The second kappa shape index (κ2) is 16.5. The van der Waals surface area contributed by atoms with Crippen LogP contribution in [-0.2, 0) is 25.7 Å². The second-order valence-corrected chi connectivity index (χ2v) is 13.6. The van der Waals surface area contributed by atoms with Crippen LogP contribution in [0.15, 0.2) is 36.4 Å². The Morgan fingerprint density at radius 3 is 1.04 bits per heavy atom. The zero-order valence-electron chi connectivity index (χ0n) is 30.3. The van der Waals surface area contributed by atoms with Gasteiger partial charge in [-0.05, 0) is 110 Å². The van der Waals surface area contributed by atoms with Crippen molar-refractivity contribution in [3.8, 4) is 23.0 Å². The molecule has 5 rings (SSSR count). The minimum atomic E-state index is -1.22. The van der Waals surface area contributed by atoms with Gasteiger partial charge in [0.1, 0.15) is 34.4 Å². The quantitative estimate of drug-likeness (QED) is 0.0555. The Kier molecular flexibility index (Phi) is 12.1. The normalized spacial score (nSPS) is 12.2. The van der Waals surface area contributed by atoms with E-state index in [9.17, 15) is 30.0 Å². The van der Waals surface area contributed by atoms with Gasteiger partial charge >= 0.3 is 0 Å². The van der Waals surface area contributed by atoms with Gasteiger partial charge in [-0.25, -0.2) is 8.78 Å². The molecule has 6 N–H and O–H groups in total. The molecule has 8 nitrogen and oxygen atoms in total. The predicted octanol–water partition coefficient (Wildman–Crippen LogP) is 10.4. The molecule has 0 spiro atoms. The third kappa shape index (κ3) is 7.43. The van der Waals surface area contributed by atoms with Gasteiger partial charge < -0.3 is 31.1 Å². The summed E-state index contributed by atoms with van der Waals surface area (Å²) in [6, 6.07) is 8.39. The molecule has 0 saturated carbocycles. The molecule has 0 bridgehead atoms. The summed E-state index contributed by atoms with van der Waals surface area (Å²) in [5.74, 6) is -5.96. The lowest BCUT2D eigenvalue weighted by atomic mass is 9.81. The summed E-state index contributed by atoms with van der Waals surface area (Å²) in [6.07, 6.45) is 8.40. The first-order valence-electron chi connectivity index (χ1n) is 18.4. The number of hydrogen-bond acceptors (Lipinski definition) is 8. The molecule has 0 radical (unpaired) electrons. The number of phenols is 4. The number of rotatable bonds is 16. The molecule has 0 atom stereocenters. The fraction of sp³-hybridized carbons (Fsp3) is 0.381. The number of anilines is 4. The van der Waals surface area contributed by atoms with E-state index in [1.165, 1.54) is 0 Å². The lowest BCUT2D eigenvalue weighted by Crippen LogP contribution is -2.26. The number of halogens is 2. The van der Waals surface area contributed by atoms with Gasteiger partial charge in [0.25, 0.3) is 0 Å². The number of carbonyl (C=O) groups excluding carboxylic acids is 2. The van der Waals surface area contributed by atoms with E-state index in [-0.39, 0.29) is 11.5 Å². The van der Waals surface area contributed by atoms with E-state index in [1.807, 2.05) is 27.7 Å². The highest BCUT2D eigenvalue weighted by Crippen LogP contribution is 2.47. The zero-order valence-corrected chi connectivity index (χ0v) is 30.3. The van der Waals surface area contributed by atoms with Gasteiger partial charge in [0, 0.05) is 11.4 Å². The molecular weight excluding hydrogens is 666 g/mol. The molecule has 0 aromatic heterocycles. The molecule has 0 amide bonds. The lowest BCUT2D eigenvalue weighted by molar-refractivity contribution is 0.0967. The van der Waals surface area contributed by atoms with Gasteiger partial charge in [0.2, 0.25) is 11.6 Å². The summed E-state index contributed by atoms with van der Waals surface area (Å²) < 4.78 is 34.7. The maximum absolute atomic E-state index is 17.4. The van der Waals surface area contributed by atoms with Crippen molar-refractivity contribution in [1.82, 2.24) is 0 Å². The van der Waals surface area contributed by atoms with Crippen LogP contribution in [0.5, 0.6) is 23.0 Å². The average molecular weight is 715 g/mol. The Labute approximate surface area is 303 Å². The zero-order chi connectivity index (χ0) is 37.7. The number of aromatic hydroxyl groups is 4. The third-order valence-electron chi connectivity index (χ3n) is 9.72. The highest BCUT2D eigenvalue weighted by Gasteiger charge is 2.42. The van der Waals surface area contributed by atoms with Crippen LogP contribution in [0.25, 0.3) is 0 Å². The largest absolute Gasteiger partial charge is 0.508 e. The predicted molar refractivity (Wildman–Crippen MR) is 200 cm³/mol. The molecule has 4 aromatic rings. The fourth-order valence-corrected chi connectivity index (χ4v) is 6.97. The Hall–Kier alpha value is -5.12. The molecule has 52 heavy (non-hydrogen) atoms. The summed E-state index contributed by atoms with van der Waals surface area (Å²) in [5, 5.41) is 48.9. The number of hydrogen-bond donors (Lipinski definition) is 6. The van der Waals surface area contributed by atoms with Gasteiger partial charge in [-0.1, -0.05) is 53.4 Å². The van der Waals surface area contributed by atoms with E-state index < -0.39 is 68.3 Å². The molecule has 4 aromatic carbocycles. The van der Waals surface area contributed by atoms with Crippen molar-refractivity contribution in [2.75, 3.05) is 10.6 Å². The lowest BCUT2D eigenvalue weighted by Gasteiger charge is -2.27.